The molecule has 0 aliphatic carbocycles. The third-order valence-corrected chi connectivity index (χ3v) is 4.25. The van der Waals surface area contributed by atoms with Crippen LogP contribution in [0.1, 0.15) is 40.0 Å². The Bertz CT molecular complexity index is 290. The number of hydrogen-bond donors (Lipinski definition) is 2. The molecule has 3 N–H and O–H groups in total. The molecule has 1 rings (SSSR count). The predicted octanol–water partition coefficient (Wildman–Crippen LogP) is 0.729. The summed E-state index contributed by atoms with van der Waals surface area (Å²) in [6.07, 6.45) is 3.26. The number of rotatable bonds is 7. The number of methoxy groups -OCH3 is 1. The largest absolute Gasteiger partial charge is 0.381 e. The fourth-order valence-corrected chi connectivity index (χ4v) is 2.92. The van der Waals surface area contributed by atoms with E-state index in [0.29, 0.717) is 12.1 Å². The number of nitrogens with two attached hydrogens (primary N) is 1. The SMILES string of the molecule is CCNC(C)(CC(C)N1CCC(OC)CC1)C(N)=O. The van der Waals surface area contributed by atoms with Gasteiger partial charge in [0.1, 0.15) is 0 Å². The number of likely N-dealkylation sites (N-methyl/N-ethyl adjacent to an activating group) is 1. The van der Waals surface area contributed by atoms with E-state index < -0.39 is 5.54 Å². The average Bonchev–Trinajstić information content (AvgIpc) is 2.38. The zero-order valence-electron chi connectivity index (χ0n) is 12.7. The van der Waals surface area contributed by atoms with Crippen molar-refractivity contribution in [1.29, 1.82) is 0 Å². The highest BCUT2D eigenvalue weighted by Crippen LogP contribution is 2.21. The van der Waals surface area contributed by atoms with Crippen LogP contribution in [0.3, 0.4) is 0 Å². The molecule has 2 unspecified atom stereocenters. The van der Waals surface area contributed by atoms with Crippen LogP contribution in [0.2, 0.25) is 0 Å². The molecule has 112 valence electrons. The van der Waals surface area contributed by atoms with Gasteiger partial charge >= 0.3 is 0 Å². The highest BCUT2D eigenvalue weighted by Gasteiger charge is 2.34. The second kappa shape index (κ2) is 7.22. The minimum absolute atomic E-state index is 0.270. The lowest BCUT2D eigenvalue weighted by Crippen LogP contribution is -2.57. The molecule has 1 fully saturated rings. The first-order valence-electron chi connectivity index (χ1n) is 7.24. The van der Waals surface area contributed by atoms with Gasteiger partial charge in [-0.25, -0.2) is 0 Å². The Morgan fingerprint density at radius 3 is 2.53 bits per heavy atom. The summed E-state index contributed by atoms with van der Waals surface area (Å²) < 4.78 is 5.38. The third-order valence-electron chi connectivity index (χ3n) is 4.25. The zero-order valence-corrected chi connectivity index (χ0v) is 12.7. The number of primary amides is 1. The van der Waals surface area contributed by atoms with Crippen molar-refractivity contribution in [1.82, 2.24) is 10.2 Å². The van der Waals surface area contributed by atoms with Crippen LogP contribution in [0, 0.1) is 0 Å². The Kier molecular flexibility index (Phi) is 6.23. The number of carbonyl (C=O) groups is 1. The maximum Gasteiger partial charge on any atom is 0.237 e. The molecule has 0 spiro atoms. The standard InChI is InChI=1S/C14H29N3O2/c1-5-16-14(3,13(15)18)10-11(2)17-8-6-12(19-4)7-9-17/h11-12,16H,5-10H2,1-4H3,(H2,15,18). The van der Waals surface area contributed by atoms with Crippen molar-refractivity contribution in [3.05, 3.63) is 0 Å². The van der Waals surface area contributed by atoms with Gasteiger partial charge in [-0.2, -0.15) is 0 Å². The topological polar surface area (TPSA) is 67.6 Å². The number of hydrogen-bond acceptors (Lipinski definition) is 4. The number of carbonyl (C=O) groups excluding carboxylic acids is 1. The van der Waals surface area contributed by atoms with Crippen molar-refractivity contribution in [2.75, 3.05) is 26.7 Å². The molecule has 2 atom stereocenters. The summed E-state index contributed by atoms with van der Waals surface area (Å²) in [5, 5.41) is 3.22. The lowest BCUT2D eigenvalue weighted by atomic mass is 9.91. The molecule has 5 nitrogen and oxygen atoms in total. The summed E-state index contributed by atoms with van der Waals surface area (Å²) in [6.45, 7) is 8.87. The maximum atomic E-state index is 11.6. The van der Waals surface area contributed by atoms with E-state index in [0.717, 1.165) is 38.9 Å². The van der Waals surface area contributed by atoms with E-state index in [1.807, 2.05) is 13.8 Å². The molecule has 0 aromatic rings. The summed E-state index contributed by atoms with van der Waals surface area (Å²) >= 11 is 0. The number of nitrogens with one attached hydrogen (secondary N) is 1. The van der Waals surface area contributed by atoms with Crippen LogP contribution in [-0.2, 0) is 9.53 Å². The molecule has 19 heavy (non-hydrogen) atoms. The normalized spacial score (nSPS) is 22.9. The molecule has 1 heterocycles. The zero-order chi connectivity index (χ0) is 14.5. The summed E-state index contributed by atoms with van der Waals surface area (Å²) in [5.74, 6) is -0.270. The van der Waals surface area contributed by atoms with Crippen LogP contribution in [0.25, 0.3) is 0 Å². The van der Waals surface area contributed by atoms with Gasteiger partial charge in [0.25, 0.3) is 0 Å². The third kappa shape index (κ3) is 4.44. The van der Waals surface area contributed by atoms with E-state index in [1.54, 1.807) is 7.11 Å². The number of likely N-dealkylation sites (tertiary alicyclic amines) is 1. The fourth-order valence-electron chi connectivity index (χ4n) is 2.92. The summed E-state index contributed by atoms with van der Waals surface area (Å²) in [7, 11) is 1.78. The van der Waals surface area contributed by atoms with Crippen molar-refractivity contribution < 1.29 is 9.53 Å². The Labute approximate surface area is 116 Å². The van der Waals surface area contributed by atoms with Gasteiger partial charge in [0.05, 0.1) is 11.6 Å². The maximum absolute atomic E-state index is 11.6. The smallest absolute Gasteiger partial charge is 0.237 e. The molecule has 0 bridgehead atoms. The van der Waals surface area contributed by atoms with Gasteiger partial charge < -0.3 is 20.7 Å². The monoisotopic (exact) mass is 271 g/mol. The Hall–Kier alpha value is -0.650. The van der Waals surface area contributed by atoms with Gasteiger partial charge in [-0.15, -0.1) is 0 Å². The minimum Gasteiger partial charge on any atom is -0.381 e. The molecule has 0 aromatic heterocycles. The Morgan fingerprint density at radius 1 is 1.53 bits per heavy atom. The van der Waals surface area contributed by atoms with E-state index in [-0.39, 0.29) is 5.91 Å². The average molecular weight is 271 g/mol. The van der Waals surface area contributed by atoms with E-state index in [1.165, 1.54) is 0 Å². The first-order chi connectivity index (χ1) is 8.92. The Morgan fingerprint density at radius 2 is 2.11 bits per heavy atom. The molecule has 1 aliphatic rings. The quantitative estimate of drug-likeness (QED) is 0.716. The van der Waals surface area contributed by atoms with Crippen molar-refractivity contribution in [3.8, 4) is 0 Å². The number of amides is 1. The molecule has 0 saturated carbocycles. The van der Waals surface area contributed by atoms with Gasteiger partial charge in [-0.05, 0) is 39.7 Å². The molecule has 0 radical (unpaired) electrons. The molecular weight excluding hydrogens is 242 g/mol. The highest BCUT2D eigenvalue weighted by atomic mass is 16.5. The van der Waals surface area contributed by atoms with Gasteiger partial charge in [0.2, 0.25) is 5.91 Å². The molecule has 1 saturated heterocycles. The predicted molar refractivity (Wildman–Crippen MR) is 77.0 cm³/mol. The Balaban J connectivity index is 2.53. The number of piperidine rings is 1. The van der Waals surface area contributed by atoms with Crippen LogP contribution in [-0.4, -0.2) is 55.2 Å². The van der Waals surface area contributed by atoms with Gasteiger partial charge in [0.15, 0.2) is 0 Å². The minimum atomic E-state index is -0.619. The lowest BCUT2D eigenvalue weighted by Gasteiger charge is -2.39. The van der Waals surface area contributed by atoms with E-state index >= 15 is 0 Å². The summed E-state index contributed by atoms with van der Waals surface area (Å²) in [5.41, 5.74) is 4.92. The number of nitrogens with zero attached hydrogens (tertiary/aromatic N) is 1. The van der Waals surface area contributed by atoms with Crippen molar-refractivity contribution in [3.63, 3.8) is 0 Å². The van der Waals surface area contributed by atoms with Crippen molar-refractivity contribution in [2.24, 2.45) is 5.73 Å². The molecule has 0 aromatic carbocycles. The van der Waals surface area contributed by atoms with Crippen LogP contribution >= 0.6 is 0 Å². The summed E-state index contributed by atoms with van der Waals surface area (Å²) in [6, 6.07) is 0.342. The highest BCUT2D eigenvalue weighted by molar-refractivity contribution is 5.84. The summed E-state index contributed by atoms with van der Waals surface area (Å²) in [4.78, 5) is 14.1. The van der Waals surface area contributed by atoms with E-state index in [9.17, 15) is 4.79 Å². The first kappa shape index (κ1) is 16.4. The second-order valence-corrected chi connectivity index (χ2v) is 5.75. The molecule has 5 heteroatoms. The van der Waals surface area contributed by atoms with Crippen LogP contribution in [0.4, 0.5) is 0 Å². The van der Waals surface area contributed by atoms with Crippen LogP contribution in [0.15, 0.2) is 0 Å². The van der Waals surface area contributed by atoms with Crippen LogP contribution < -0.4 is 11.1 Å². The number of ether oxygens (including phenoxy) is 1. The van der Waals surface area contributed by atoms with Crippen molar-refractivity contribution in [2.45, 2.75) is 57.7 Å². The van der Waals surface area contributed by atoms with E-state index in [2.05, 4.69) is 17.1 Å². The second-order valence-electron chi connectivity index (χ2n) is 5.75. The lowest BCUT2D eigenvalue weighted by molar-refractivity contribution is -0.124. The van der Waals surface area contributed by atoms with Gasteiger partial charge in [-0.3, -0.25) is 4.79 Å². The van der Waals surface area contributed by atoms with Gasteiger partial charge in [0, 0.05) is 26.2 Å². The van der Waals surface area contributed by atoms with Crippen LogP contribution in [0.5, 0.6) is 0 Å². The van der Waals surface area contributed by atoms with E-state index in [4.69, 9.17) is 10.5 Å². The van der Waals surface area contributed by atoms with Gasteiger partial charge in [-0.1, -0.05) is 6.92 Å². The van der Waals surface area contributed by atoms with Crippen molar-refractivity contribution >= 4 is 5.91 Å². The molecule has 1 amide bonds. The molecular formula is C14H29N3O2. The fraction of sp³-hybridized carbons (Fsp3) is 0.929. The first-order valence-corrected chi connectivity index (χ1v) is 7.24. The molecule has 1 aliphatic heterocycles.